The molecule has 3 nitrogen and oxygen atoms in total. The van der Waals surface area contributed by atoms with Crippen LogP contribution in [-0.4, -0.2) is 36.6 Å². The summed E-state index contributed by atoms with van der Waals surface area (Å²) in [7, 11) is 0. The second kappa shape index (κ2) is 4.59. The van der Waals surface area contributed by atoms with Crippen LogP contribution in [0.25, 0.3) is 0 Å². The summed E-state index contributed by atoms with van der Waals surface area (Å²) in [6, 6.07) is 3.40. The average Bonchev–Trinajstić information content (AvgIpc) is 2.11. The SMILES string of the molecule is CC(C#N)CN1C(C)CNCC1C. The Morgan fingerprint density at radius 1 is 1.46 bits per heavy atom. The molecule has 1 saturated heterocycles. The zero-order chi connectivity index (χ0) is 9.84. The maximum absolute atomic E-state index is 8.75. The van der Waals surface area contributed by atoms with Crippen LogP contribution < -0.4 is 5.32 Å². The van der Waals surface area contributed by atoms with Crippen LogP contribution in [-0.2, 0) is 0 Å². The van der Waals surface area contributed by atoms with E-state index in [0.717, 1.165) is 19.6 Å². The molecule has 0 spiro atoms. The minimum absolute atomic E-state index is 0.142. The molecule has 3 heteroatoms. The van der Waals surface area contributed by atoms with Crippen molar-refractivity contribution >= 4 is 0 Å². The normalized spacial score (nSPS) is 32.5. The molecule has 0 radical (unpaired) electrons. The van der Waals surface area contributed by atoms with E-state index in [1.165, 1.54) is 0 Å². The van der Waals surface area contributed by atoms with Crippen LogP contribution in [0.4, 0.5) is 0 Å². The molecule has 0 aromatic carbocycles. The number of nitriles is 1. The summed E-state index contributed by atoms with van der Waals surface area (Å²) >= 11 is 0. The molecule has 0 aromatic rings. The first kappa shape index (κ1) is 10.5. The minimum Gasteiger partial charge on any atom is -0.314 e. The molecule has 1 N–H and O–H groups in total. The van der Waals surface area contributed by atoms with E-state index in [0.29, 0.717) is 12.1 Å². The van der Waals surface area contributed by atoms with Gasteiger partial charge in [0.2, 0.25) is 0 Å². The van der Waals surface area contributed by atoms with Crippen LogP contribution in [0.1, 0.15) is 20.8 Å². The lowest BCUT2D eigenvalue weighted by molar-refractivity contribution is 0.108. The Kier molecular flexibility index (Phi) is 3.71. The molecule has 3 atom stereocenters. The molecular formula is C10H19N3. The molecule has 13 heavy (non-hydrogen) atoms. The lowest BCUT2D eigenvalue weighted by Gasteiger charge is -2.39. The fourth-order valence-corrected chi connectivity index (χ4v) is 1.89. The van der Waals surface area contributed by atoms with Crippen molar-refractivity contribution in [3.63, 3.8) is 0 Å². The number of nitrogens with zero attached hydrogens (tertiary/aromatic N) is 2. The first-order chi connectivity index (χ1) is 6.15. The fourth-order valence-electron chi connectivity index (χ4n) is 1.89. The van der Waals surface area contributed by atoms with E-state index in [-0.39, 0.29) is 5.92 Å². The highest BCUT2D eigenvalue weighted by atomic mass is 15.2. The quantitative estimate of drug-likeness (QED) is 0.686. The zero-order valence-electron chi connectivity index (χ0n) is 8.75. The largest absolute Gasteiger partial charge is 0.314 e. The van der Waals surface area contributed by atoms with Crippen molar-refractivity contribution in [1.82, 2.24) is 10.2 Å². The molecule has 0 aromatic heterocycles. The van der Waals surface area contributed by atoms with Crippen molar-refractivity contribution in [3.8, 4) is 6.07 Å². The van der Waals surface area contributed by atoms with Crippen LogP contribution in [0, 0.1) is 17.2 Å². The van der Waals surface area contributed by atoms with Gasteiger partial charge in [-0.3, -0.25) is 4.90 Å². The van der Waals surface area contributed by atoms with E-state index in [1.54, 1.807) is 0 Å². The van der Waals surface area contributed by atoms with Gasteiger partial charge < -0.3 is 5.32 Å². The predicted octanol–water partition coefficient (Wildman–Crippen LogP) is 0.828. The first-order valence-electron chi connectivity index (χ1n) is 5.01. The number of rotatable bonds is 2. The maximum atomic E-state index is 8.75. The molecule has 1 aliphatic rings. The molecule has 1 fully saturated rings. The summed E-state index contributed by atoms with van der Waals surface area (Å²) in [6.45, 7) is 9.41. The van der Waals surface area contributed by atoms with Crippen molar-refractivity contribution in [2.75, 3.05) is 19.6 Å². The molecule has 1 rings (SSSR count). The first-order valence-corrected chi connectivity index (χ1v) is 5.01. The summed E-state index contributed by atoms with van der Waals surface area (Å²) in [4.78, 5) is 2.42. The van der Waals surface area contributed by atoms with E-state index in [2.05, 4.69) is 30.1 Å². The number of nitrogens with one attached hydrogen (secondary N) is 1. The Balaban J connectivity index is 2.49. The van der Waals surface area contributed by atoms with E-state index < -0.39 is 0 Å². The van der Waals surface area contributed by atoms with Crippen LogP contribution in [0.5, 0.6) is 0 Å². The molecule has 0 aliphatic carbocycles. The molecule has 0 amide bonds. The molecule has 0 bridgehead atoms. The predicted molar refractivity (Wildman–Crippen MR) is 53.3 cm³/mol. The van der Waals surface area contributed by atoms with Crippen molar-refractivity contribution < 1.29 is 0 Å². The minimum atomic E-state index is 0.142. The molecule has 1 heterocycles. The summed E-state index contributed by atoms with van der Waals surface area (Å²) in [5, 5.41) is 12.1. The Labute approximate surface area is 80.7 Å². The lowest BCUT2D eigenvalue weighted by Crippen LogP contribution is -2.55. The van der Waals surface area contributed by atoms with Gasteiger partial charge in [0, 0.05) is 31.7 Å². The number of hydrogen-bond acceptors (Lipinski definition) is 3. The highest BCUT2D eigenvalue weighted by Crippen LogP contribution is 2.11. The number of hydrogen-bond donors (Lipinski definition) is 1. The molecule has 0 saturated carbocycles. The summed E-state index contributed by atoms with van der Waals surface area (Å²) in [5.41, 5.74) is 0. The Bertz CT molecular complexity index is 187. The Hall–Kier alpha value is -0.590. The van der Waals surface area contributed by atoms with Gasteiger partial charge in [0.1, 0.15) is 0 Å². The van der Waals surface area contributed by atoms with Gasteiger partial charge in [-0.15, -0.1) is 0 Å². The maximum Gasteiger partial charge on any atom is 0.0666 e. The summed E-state index contributed by atoms with van der Waals surface area (Å²) in [5.74, 6) is 0.142. The van der Waals surface area contributed by atoms with Gasteiger partial charge >= 0.3 is 0 Å². The van der Waals surface area contributed by atoms with Crippen LogP contribution >= 0.6 is 0 Å². The smallest absolute Gasteiger partial charge is 0.0666 e. The van der Waals surface area contributed by atoms with Gasteiger partial charge in [-0.05, 0) is 20.8 Å². The van der Waals surface area contributed by atoms with Gasteiger partial charge in [0.05, 0.1) is 12.0 Å². The third-order valence-electron chi connectivity index (χ3n) is 2.72. The van der Waals surface area contributed by atoms with Gasteiger partial charge in [0.15, 0.2) is 0 Å². The second-order valence-corrected chi connectivity index (χ2v) is 4.08. The van der Waals surface area contributed by atoms with E-state index in [4.69, 9.17) is 5.26 Å². The fraction of sp³-hybridized carbons (Fsp3) is 0.900. The molecular weight excluding hydrogens is 162 g/mol. The van der Waals surface area contributed by atoms with Gasteiger partial charge in [-0.25, -0.2) is 0 Å². The third kappa shape index (κ3) is 2.68. The van der Waals surface area contributed by atoms with Gasteiger partial charge in [-0.2, -0.15) is 5.26 Å². The lowest BCUT2D eigenvalue weighted by atomic mass is 10.1. The molecule has 1 aliphatic heterocycles. The average molecular weight is 181 g/mol. The second-order valence-electron chi connectivity index (χ2n) is 4.08. The monoisotopic (exact) mass is 181 g/mol. The summed E-state index contributed by atoms with van der Waals surface area (Å²) < 4.78 is 0. The van der Waals surface area contributed by atoms with Crippen LogP contribution in [0.15, 0.2) is 0 Å². The van der Waals surface area contributed by atoms with E-state index in [9.17, 15) is 0 Å². The number of piperazine rings is 1. The van der Waals surface area contributed by atoms with Crippen molar-refractivity contribution in [1.29, 1.82) is 5.26 Å². The van der Waals surface area contributed by atoms with Crippen molar-refractivity contribution in [2.24, 2.45) is 5.92 Å². The van der Waals surface area contributed by atoms with E-state index >= 15 is 0 Å². The zero-order valence-corrected chi connectivity index (χ0v) is 8.75. The molecule has 74 valence electrons. The third-order valence-corrected chi connectivity index (χ3v) is 2.72. The van der Waals surface area contributed by atoms with Crippen molar-refractivity contribution in [2.45, 2.75) is 32.9 Å². The highest BCUT2D eigenvalue weighted by Gasteiger charge is 2.25. The topological polar surface area (TPSA) is 39.1 Å². The highest BCUT2D eigenvalue weighted by molar-refractivity contribution is 4.88. The van der Waals surface area contributed by atoms with E-state index in [1.807, 2.05) is 6.92 Å². The van der Waals surface area contributed by atoms with Crippen molar-refractivity contribution in [3.05, 3.63) is 0 Å². The summed E-state index contributed by atoms with van der Waals surface area (Å²) in [6.07, 6.45) is 0. The standard InChI is InChI=1S/C10H19N3/c1-8(4-11)7-13-9(2)5-12-6-10(13)3/h8-10,12H,5-7H2,1-3H3. The Morgan fingerprint density at radius 3 is 2.46 bits per heavy atom. The molecule has 3 unspecified atom stereocenters. The van der Waals surface area contributed by atoms with Gasteiger partial charge in [0.25, 0.3) is 0 Å². The van der Waals surface area contributed by atoms with Crippen LogP contribution in [0.2, 0.25) is 0 Å². The Morgan fingerprint density at radius 2 is 2.00 bits per heavy atom. The van der Waals surface area contributed by atoms with Gasteiger partial charge in [-0.1, -0.05) is 0 Å². The van der Waals surface area contributed by atoms with Crippen LogP contribution in [0.3, 0.4) is 0 Å².